The predicted molar refractivity (Wildman–Crippen MR) is 136 cm³/mol. The minimum absolute atomic E-state index is 0.247. The second kappa shape index (κ2) is 11.0. The van der Waals surface area contributed by atoms with Crippen LogP contribution in [0.5, 0.6) is 5.75 Å². The molecule has 2 aromatic carbocycles. The first kappa shape index (κ1) is 24.9. The van der Waals surface area contributed by atoms with Crippen molar-refractivity contribution < 1.29 is 19.1 Å². The molecule has 2 aliphatic heterocycles. The van der Waals surface area contributed by atoms with Gasteiger partial charge >= 0.3 is 12.0 Å². The predicted octanol–water partition coefficient (Wildman–Crippen LogP) is 3.65. The topological polar surface area (TPSA) is 83.1 Å². The number of hydrogen-bond acceptors (Lipinski definition) is 6. The number of methoxy groups -OCH3 is 1. The van der Waals surface area contributed by atoms with Crippen LogP contribution >= 0.6 is 11.6 Å². The molecule has 2 aromatic rings. The average molecular weight is 499 g/mol. The maximum atomic E-state index is 13.0. The Balaban J connectivity index is 1.56. The number of esters is 1. The van der Waals surface area contributed by atoms with Crippen LogP contribution in [0.4, 0.5) is 10.5 Å². The molecule has 2 N–H and O–H groups in total. The van der Waals surface area contributed by atoms with Gasteiger partial charge in [-0.3, -0.25) is 4.90 Å². The zero-order valence-corrected chi connectivity index (χ0v) is 21.0. The first-order valence-corrected chi connectivity index (χ1v) is 12.1. The Hall–Kier alpha value is -3.23. The molecule has 1 fully saturated rings. The highest BCUT2D eigenvalue weighted by Crippen LogP contribution is 2.30. The van der Waals surface area contributed by atoms with Crippen LogP contribution in [-0.4, -0.2) is 63.3 Å². The fraction of sp³-hybridized carbons (Fsp3) is 0.385. The van der Waals surface area contributed by atoms with Gasteiger partial charge in [-0.1, -0.05) is 29.8 Å². The minimum atomic E-state index is -0.612. The van der Waals surface area contributed by atoms with Crippen LogP contribution in [0.1, 0.15) is 24.1 Å². The molecule has 0 radical (unpaired) electrons. The monoisotopic (exact) mass is 498 g/mol. The zero-order valence-electron chi connectivity index (χ0n) is 20.3. The molecular weight excluding hydrogens is 468 g/mol. The summed E-state index contributed by atoms with van der Waals surface area (Å²) in [6.07, 6.45) is 0. The van der Waals surface area contributed by atoms with Crippen molar-refractivity contribution in [3.8, 4) is 5.75 Å². The van der Waals surface area contributed by atoms with Gasteiger partial charge in [0.25, 0.3) is 0 Å². The average Bonchev–Trinajstić information content (AvgIpc) is 2.86. The summed E-state index contributed by atoms with van der Waals surface area (Å²) in [4.78, 5) is 30.2. The van der Waals surface area contributed by atoms with Gasteiger partial charge in [-0.15, -0.1) is 0 Å². The molecule has 0 bridgehead atoms. The lowest BCUT2D eigenvalue weighted by molar-refractivity contribution is -0.139. The van der Waals surface area contributed by atoms with Crippen LogP contribution in [0.25, 0.3) is 0 Å². The summed E-state index contributed by atoms with van der Waals surface area (Å²) in [5.74, 6) is 0.257. The number of amides is 2. The van der Waals surface area contributed by atoms with E-state index in [4.69, 9.17) is 21.1 Å². The first-order valence-electron chi connectivity index (χ1n) is 11.7. The van der Waals surface area contributed by atoms with Crippen molar-refractivity contribution in [2.45, 2.75) is 19.9 Å². The van der Waals surface area contributed by atoms with Crippen molar-refractivity contribution in [3.05, 3.63) is 69.9 Å². The lowest BCUT2D eigenvalue weighted by Crippen LogP contribution is -2.52. The molecule has 0 unspecified atom stereocenters. The van der Waals surface area contributed by atoms with E-state index in [0.29, 0.717) is 23.6 Å². The number of benzene rings is 2. The van der Waals surface area contributed by atoms with Crippen molar-refractivity contribution in [2.75, 3.05) is 51.3 Å². The van der Waals surface area contributed by atoms with Crippen molar-refractivity contribution >= 4 is 29.3 Å². The van der Waals surface area contributed by atoms with Crippen LogP contribution in [0.3, 0.4) is 0 Å². The molecule has 0 saturated carbocycles. The third kappa shape index (κ3) is 5.71. The lowest BCUT2D eigenvalue weighted by Gasteiger charge is -2.38. The molecule has 4 rings (SSSR count). The summed E-state index contributed by atoms with van der Waals surface area (Å²) < 4.78 is 10.6. The number of carbonyl (C=O) groups is 2. The standard InChI is InChI=1S/C26H31ClN4O4/c1-4-35-25(32)23-21(28-26(33)29-24(23)18-6-9-20(34-3)10-7-18)16-30-11-13-31(14-12-30)22-15-19(27)8-5-17(22)2/h5-10,15,24H,4,11-14,16H2,1-3H3,(H2,28,29,33)/t24-/m0/s1. The number of aryl methyl sites for hydroxylation is 1. The van der Waals surface area contributed by atoms with Crippen LogP contribution in [0.2, 0.25) is 5.02 Å². The molecule has 8 nitrogen and oxygen atoms in total. The van der Waals surface area contributed by atoms with Crippen molar-refractivity contribution in [1.82, 2.24) is 15.5 Å². The molecule has 0 spiro atoms. The maximum Gasteiger partial charge on any atom is 0.338 e. The van der Waals surface area contributed by atoms with Gasteiger partial charge < -0.3 is 25.0 Å². The normalized spacial score (nSPS) is 18.7. The van der Waals surface area contributed by atoms with E-state index < -0.39 is 12.0 Å². The zero-order chi connectivity index (χ0) is 24.9. The van der Waals surface area contributed by atoms with Gasteiger partial charge in [-0.25, -0.2) is 9.59 Å². The fourth-order valence-corrected chi connectivity index (χ4v) is 4.70. The molecule has 2 amide bonds. The molecule has 1 atom stereocenters. The molecule has 0 aliphatic carbocycles. The summed E-state index contributed by atoms with van der Waals surface area (Å²) in [6.45, 7) is 7.73. The second-order valence-corrected chi connectivity index (χ2v) is 9.05. The van der Waals surface area contributed by atoms with E-state index in [1.807, 2.05) is 42.5 Å². The van der Waals surface area contributed by atoms with E-state index in [0.717, 1.165) is 42.5 Å². The number of ether oxygens (including phenoxy) is 2. The number of nitrogens with zero attached hydrogens (tertiary/aromatic N) is 2. The smallest absolute Gasteiger partial charge is 0.338 e. The summed E-state index contributed by atoms with van der Waals surface area (Å²) in [6, 6.07) is 12.3. The number of piperazine rings is 1. The molecule has 35 heavy (non-hydrogen) atoms. The Bertz CT molecular complexity index is 1110. The van der Waals surface area contributed by atoms with E-state index in [1.54, 1.807) is 14.0 Å². The highest BCUT2D eigenvalue weighted by Gasteiger charge is 2.34. The van der Waals surface area contributed by atoms with Gasteiger partial charge in [0.2, 0.25) is 0 Å². The third-order valence-electron chi connectivity index (χ3n) is 6.36. The summed E-state index contributed by atoms with van der Waals surface area (Å²) in [7, 11) is 1.59. The SMILES string of the molecule is CCOC(=O)C1=C(CN2CCN(c3cc(Cl)ccc3C)CC2)NC(=O)N[C@H]1c1ccc(OC)cc1. The van der Waals surface area contributed by atoms with E-state index in [1.165, 1.54) is 5.56 Å². The Morgan fingerprint density at radius 3 is 2.49 bits per heavy atom. The summed E-state index contributed by atoms with van der Waals surface area (Å²) in [5.41, 5.74) is 4.09. The molecule has 2 aliphatic rings. The minimum Gasteiger partial charge on any atom is -0.497 e. The third-order valence-corrected chi connectivity index (χ3v) is 6.60. The van der Waals surface area contributed by atoms with Crippen LogP contribution in [0, 0.1) is 6.92 Å². The van der Waals surface area contributed by atoms with Gasteiger partial charge in [0, 0.05) is 49.1 Å². The quantitative estimate of drug-likeness (QED) is 0.567. The van der Waals surface area contributed by atoms with Crippen molar-refractivity contribution in [3.63, 3.8) is 0 Å². The van der Waals surface area contributed by atoms with E-state index in [9.17, 15) is 9.59 Å². The van der Waals surface area contributed by atoms with Crippen LogP contribution < -0.4 is 20.3 Å². The molecule has 0 aromatic heterocycles. The molecule has 1 saturated heterocycles. The highest BCUT2D eigenvalue weighted by molar-refractivity contribution is 6.30. The van der Waals surface area contributed by atoms with Gasteiger partial charge in [-0.05, 0) is 49.2 Å². The number of urea groups is 1. The van der Waals surface area contributed by atoms with E-state index >= 15 is 0 Å². The molecule has 186 valence electrons. The van der Waals surface area contributed by atoms with Crippen molar-refractivity contribution in [2.24, 2.45) is 0 Å². The Kier molecular flexibility index (Phi) is 7.83. The largest absolute Gasteiger partial charge is 0.497 e. The Morgan fingerprint density at radius 1 is 1.11 bits per heavy atom. The summed E-state index contributed by atoms with van der Waals surface area (Å²) in [5, 5.41) is 6.47. The number of hydrogen-bond donors (Lipinski definition) is 2. The van der Waals surface area contributed by atoms with Gasteiger partial charge in [-0.2, -0.15) is 0 Å². The second-order valence-electron chi connectivity index (χ2n) is 8.61. The van der Waals surface area contributed by atoms with E-state index in [-0.39, 0.29) is 12.6 Å². The maximum absolute atomic E-state index is 13.0. The molecule has 2 heterocycles. The van der Waals surface area contributed by atoms with Gasteiger partial charge in [0.1, 0.15) is 5.75 Å². The lowest BCUT2D eigenvalue weighted by atomic mass is 9.94. The molecular formula is C26H31ClN4O4. The Labute approximate surface area is 210 Å². The summed E-state index contributed by atoms with van der Waals surface area (Å²) >= 11 is 6.22. The molecule has 9 heteroatoms. The number of nitrogens with one attached hydrogen (secondary N) is 2. The number of anilines is 1. The fourth-order valence-electron chi connectivity index (χ4n) is 4.53. The van der Waals surface area contributed by atoms with Crippen molar-refractivity contribution in [1.29, 1.82) is 0 Å². The van der Waals surface area contributed by atoms with E-state index in [2.05, 4.69) is 27.4 Å². The number of rotatable bonds is 7. The number of carbonyl (C=O) groups excluding carboxylic acids is 2. The van der Waals surface area contributed by atoms with Gasteiger partial charge in [0.05, 0.1) is 25.3 Å². The highest BCUT2D eigenvalue weighted by atomic mass is 35.5. The first-order chi connectivity index (χ1) is 16.9. The van der Waals surface area contributed by atoms with Gasteiger partial charge in [0.15, 0.2) is 0 Å². The number of halogens is 1. The van der Waals surface area contributed by atoms with Crippen LogP contribution in [-0.2, 0) is 9.53 Å². The Morgan fingerprint density at radius 2 is 1.83 bits per heavy atom. The van der Waals surface area contributed by atoms with Crippen LogP contribution in [0.15, 0.2) is 53.7 Å².